The Morgan fingerprint density at radius 2 is 1.96 bits per heavy atom. The van der Waals surface area contributed by atoms with Crippen LogP contribution >= 0.6 is 0 Å². The van der Waals surface area contributed by atoms with Crippen LogP contribution in [0.2, 0.25) is 0 Å². The number of amides is 1. The lowest BCUT2D eigenvalue weighted by molar-refractivity contribution is -0.127. The minimum absolute atomic E-state index is 0.0424. The first-order valence-corrected chi connectivity index (χ1v) is 8.62. The van der Waals surface area contributed by atoms with Crippen molar-refractivity contribution in [3.8, 4) is 5.75 Å². The van der Waals surface area contributed by atoms with Gasteiger partial charge >= 0.3 is 0 Å². The Balaban J connectivity index is 1.55. The Kier molecular flexibility index (Phi) is 4.13. The molecule has 0 spiro atoms. The molecule has 4 rings (SSSR count). The van der Waals surface area contributed by atoms with E-state index in [9.17, 15) is 4.79 Å². The molecule has 1 aliphatic rings. The fraction of sp³-hybridized carbons (Fsp3) is 0.190. The molecule has 2 N–H and O–H groups in total. The lowest BCUT2D eigenvalue weighted by Crippen LogP contribution is -2.30. The average molecular weight is 347 g/mol. The van der Waals surface area contributed by atoms with Crippen LogP contribution in [-0.2, 0) is 17.8 Å². The number of carbonyl (C=O) groups excluding carboxylic acids is 1. The van der Waals surface area contributed by atoms with Crippen LogP contribution < -0.4 is 10.1 Å². The Bertz CT molecular complexity index is 962. The van der Waals surface area contributed by atoms with Crippen LogP contribution in [0.1, 0.15) is 11.1 Å². The van der Waals surface area contributed by atoms with E-state index in [1.54, 1.807) is 11.9 Å². The molecule has 0 saturated carbocycles. The average Bonchev–Trinajstić information content (AvgIpc) is 3.18. The number of hydrogen-bond donors (Lipinski definition) is 2. The standard InChI is InChI=1S/C21H21N3O2/c1-14-23-18(21(25)24(14)2)11-16-12-22-20-17(16)9-6-10-19(20)26-13-15-7-4-3-5-8-15/h3-10,12,18,22-23H,1,11,13H2,2H3. The minimum atomic E-state index is -0.277. The summed E-state index contributed by atoms with van der Waals surface area (Å²) in [5.41, 5.74) is 3.16. The van der Waals surface area contributed by atoms with E-state index in [2.05, 4.69) is 22.9 Å². The largest absolute Gasteiger partial charge is 0.487 e. The van der Waals surface area contributed by atoms with Gasteiger partial charge in [0.1, 0.15) is 24.2 Å². The highest BCUT2D eigenvalue weighted by Crippen LogP contribution is 2.29. The van der Waals surface area contributed by atoms with E-state index in [4.69, 9.17) is 4.74 Å². The monoisotopic (exact) mass is 347 g/mol. The first kappa shape index (κ1) is 16.3. The van der Waals surface area contributed by atoms with Gasteiger partial charge in [-0.25, -0.2) is 0 Å². The summed E-state index contributed by atoms with van der Waals surface area (Å²) >= 11 is 0. The summed E-state index contributed by atoms with van der Waals surface area (Å²) in [7, 11) is 1.74. The number of aromatic nitrogens is 1. The summed E-state index contributed by atoms with van der Waals surface area (Å²) in [4.78, 5) is 17.1. The third-order valence-corrected chi connectivity index (χ3v) is 4.80. The van der Waals surface area contributed by atoms with Crippen LogP contribution in [0.3, 0.4) is 0 Å². The quantitative estimate of drug-likeness (QED) is 0.745. The molecule has 2 heterocycles. The Morgan fingerprint density at radius 3 is 2.69 bits per heavy atom. The van der Waals surface area contributed by atoms with Gasteiger partial charge in [0.15, 0.2) is 0 Å². The lowest BCUT2D eigenvalue weighted by atomic mass is 10.0. The van der Waals surface area contributed by atoms with Crippen molar-refractivity contribution in [3.05, 3.63) is 78.3 Å². The number of H-pyrrole nitrogens is 1. The van der Waals surface area contributed by atoms with Crippen LogP contribution in [0.15, 0.2) is 67.1 Å². The number of fused-ring (bicyclic) bond motifs is 1. The van der Waals surface area contributed by atoms with Crippen molar-refractivity contribution in [3.63, 3.8) is 0 Å². The van der Waals surface area contributed by atoms with Gasteiger partial charge in [0.2, 0.25) is 0 Å². The number of para-hydroxylation sites is 1. The number of likely N-dealkylation sites (N-methyl/N-ethyl adjacent to an activating group) is 1. The van der Waals surface area contributed by atoms with Crippen LogP contribution in [0, 0.1) is 0 Å². The number of aromatic amines is 1. The van der Waals surface area contributed by atoms with E-state index in [0.717, 1.165) is 27.8 Å². The molecule has 1 aromatic heterocycles. The molecule has 1 atom stereocenters. The topological polar surface area (TPSA) is 57.4 Å². The normalized spacial score (nSPS) is 17.0. The third kappa shape index (κ3) is 2.92. The molecule has 0 radical (unpaired) electrons. The van der Waals surface area contributed by atoms with Crippen LogP contribution in [0.5, 0.6) is 5.75 Å². The molecule has 1 saturated heterocycles. The van der Waals surface area contributed by atoms with E-state index < -0.39 is 0 Å². The molecule has 5 nitrogen and oxygen atoms in total. The number of ether oxygens (including phenoxy) is 1. The van der Waals surface area contributed by atoms with Gasteiger partial charge in [-0.15, -0.1) is 0 Å². The highest BCUT2D eigenvalue weighted by Gasteiger charge is 2.32. The Morgan fingerprint density at radius 1 is 1.15 bits per heavy atom. The second kappa shape index (κ2) is 6.59. The molecule has 0 bridgehead atoms. The second-order valence-corrected chi connectivity index (χ2v) is 6.51. The van der Waals surface area contributed by atoms with Gasteiger partial charge in [0.05, 0.1) is 5.52 Å². The predicted molar refractivity (Wildman–Crippen MR) is 102 cm³/mol. The van der Waals surface area contributed by atoms with Crippen molar-refractivity contribution >= 4 is 16.8 Å². The highest BCUT2D eigenvalue weighted by atomic mass is 16.5. The van der Waals surface area contributed by atoms with Gasteiger partial charge in [-0.1, -0.05) is 49.0 Å². The zero-order chi connectivity index (χ0) is 18.1. The Hall–Kier alpha value is -3.21. The summed E-state index contributed by atoms with van der Waals surface area (Å²) in [6, 6.07) is 15.8. The summed E-state index contributed by atoms with van der Waals surface area (Å²) in [5.74, 6) is 1.50. The first-order chi connectivity index (χ1) is 12.6. The molecule has 1 aliphatic heterocycles. The van der Waals surface area contributed by atoms with Gasteiger partial charge in [-0.3, -0.25) is 4.79 Å². The van der Waals surface area contributed by atoms with Crippen molar-refractivity contribution in [2.75, 3.05) is 7.05 Å². The van der Waals surface area contributed by atoms with Crippen molar-refractivity contribution in [1.82, 2.24) is 15.2 Å². The third-order valence-electron chi connectivity index (χ3n) is 4.80. The van der Waals surface area contributed by atoms with E-state index in [0.29, 0.717) is 18.8 Å². The SMILES string of the molecule is C=C1NC(Cc2c[nH]c3c(OCc4ccccc4)cccc23)C(=O)N1C. The van der Waals surface area contributed by atoms with Crippen LogP contribution in [-0.4, -0.2) is 28.9 Å². The molecule has 132 valence electrons. The van der Waals surface area contributed by atoms with E-state index in [-0.39, 0.29) is 11.9 Å². The number of nitrogens with zero attached hydrogens (tertiary/aromatic N) is 1. The smallest absolute Gasteiger partial charge is 0.250 e. The van der Waals surface area contributed by atoms with Gasteiger partial charge in [-0.2, -0.15) is 0 Å². The van der Waals surface area contributed by atoms with Gasteiger partial charge in [-0.05, 0) is 17.2 Å². The number of carbonyl (C=O) groups is 1. The molecule has 3 aromatic rings. The van der Waals surface area contributed by atoms with Crippen molar-refractivity contribution in [1.29, 1.82) is 0 Å². The maximum atomic E-state index is 12.3. The zero-order valence-electron chi connectivity index (χ0n) is 14.7. The predicted octanol–water partition coefficient (Wildman–Crippen LogP) is 3.19. The molecule has 0 aliphatic carbocycles. The van der Waals surface area contributed by atoms with Gasteiger partial charge in [0.25, 0.3) is 5.91 Å². The van der Waals surface area contributed by atoms with Crippen molar-refractivity contribution < 1.29 is 9.53 Å². The number of hydrogen-bond acceptors (Lipinski definition) is 3. The fourth-order valence-electron chi connectivity index (χ4n) is 3.29. The first-order valence-electron chi connectivity index (χ1n) is 8.62. The molecular formula is C21H21N3O2. The molecule has 1 unspecified atom stereocenters. The summed E-state index contributed by atoms with van der Waals surface area (Å²) in [5, 5.41) is 4.23. The molecule has 2 aromatic carbocycles. The van der Waals surface area contributed by atoms with Crippen molar-refractivity contribution in [2.24, 2.45) is 0 Å². The minimum Gasteiger partial charge on any atom is -0.487 e. The van der Waals surface area contributed by atoms with E-state index in [1.165, 1.54) is 0 Å². The van der Waals surface area contributed by atoms with Crippen LogP contribution in [0.4, 0.5) is 0 Å². The fourth-order valence-corrected chi connectivity index (χ4v) is 3.29. The summed E-state index contributed by atoms with van der Waals surface area (Å²) < 4.78 is 6.01. The highest BCUT2D eigenvalue weighted by molar-refractivity contribution is 5.90. The maximum absolute atomic E-state index is 12.3. The van der Waals surface area contributed by atoms with E-state index in [1.807, 2.05) is 48.7 Å². The lowest BCUT2D eigenvalue weighted by Gasteiger charge is -2.09. The molecule has 1 amide bonds. The summed E-state index contributed by atoms with van der Waals surface area (Å²) in [6.07, 6.45) is 2.56. The molecule has 1 fully saturated rings. The number of rotatable bonds is 5. The molecule has 5 heteroatoms. The van der Waals surface area contributed by atoms with Crippen LogP contribution in [0.25, 0.3) is 10.9 Å². The number of nitrogens with one attached hydrogen (secondary N) is 2. The van der Waals surface area contributed by atoms with Crippen molar-refractivity contribution in [2.45, 2.75) is 19.1 Å². The molecular weight excluding hydrogens is 326 g/mol. The van der Waals surface area contributed by atoms with Gasteiger partial charge < -0.3 is 19.9 Å². The summed E-state index contributed by atoms with van der Waals surface area (Å²) in [6.45, 7) is 4.38. The Labute approximate surface area is 152 Å². The second-order valence-electron chi connectivity index (χ2n) is 6.51. The van der Waals surface area contributed by atoms with Gasteiger partial charge in [0, 0.05) is 25.1 Å². The molecule has 26 heavy (non-hydrogen) atoms. The number of benzene rings is 2. The maximum Gasteiger partial charge on any atom is 0.250 e. The van der Waals surface area contributed by atoms with E-state index >= 15 is 0 Å². The zero-order valence-corrected chi connectivity index (χ0v) is 14.7.